The number of aromatic nitrogens is 8. The van der Waals surface area contributed by atoms with Gasteiger partial charge in [0.1, 0.15) is 36.6 Å². The van der Waals surface area contributed by atoms with Crippen LogP contribution in [0.4, 0.5) is 11.9 Å². The number of phosphoric ester groups is 3. The maximum atomic E-state index is 12.8. The van der Waals surface area contributed by atoms with Crippen molar-refractivity contribution in [1.29, 1.82) is 0 Å². The second-order valence-electron chi connectivity index (χ2n) is 12.2. The van der Waals surface area contributed by atoms with E-state index in [-0.39, 0.29) is 34.2 Å². The minimum absolute atomic E-state index is 0.00703. The number of aromatic amines is 1. The van der Waals surface area contributed by atoms with Crippen LogP contribution in [0.15, 0.2) is 17.4 Å². The molecule has 4 aromatic rings. The van der Waals surface area contributed by atoms with E-state index in [1.165, 1.54) is 22.5 Å². The van der Waals surface area contributed by atoms with E-state index in [0.29, 0.717) is 0 Å². The average molecular weight is 911 g/mol. The van der Waals surface area contributed by atoms with Crippen molar-refractivity contribution in [2.75, 3.05) is 38.9 Å². The molecule has 58 heavy (non-hydrogen) atoms. The highest BCUT2D eigenvalue weighted by molar-refractivity contribution is 7.66. The third-order valence-corrected chi connectivity index (χ3v) is 13.6. The molecule has 0 aromatic carbocycles. The lowest BCUT2D eigenvalue weighted by Gasteiger charge is -2.23. The summed E-state index contributed by atoms with van der Waals surface area (Å²) < 4.78 is 97.7. The van der Waals surface area contributed by atoms with Crippen LogP contribution in [0.5, 0.6) is 5.88 Å². The molecule has 2 saturated heterocycles. The SMILES string of the molecule is COC1C(O)[C@H](n2c[n+](C)c3c(O)nc(N)nc32)O[C@@H]1COP(=O)(O)OP(=O)(O)OP(=O)(O)OC[C@H]1O[C@@H](n2cnc3c(=O)[nH]c(N)nc32)[C@@H](O)C1OP(=O)(O)OC. The number of hydrogen-bond acceptors (Lipinski definition) is 23. The number of fused-ring (bicyclic) bond motifs is 2. The number of anilines is 2. The summed E-state index contributed by atoms with van der Waals surface area (Å²) in [5.41, 5.74) is 10.0. The molecule has 6 rings (SSSR count). The van der Waals surface area contributed by atoms with Crippen LogP contribution in [-0.2, 0) is 66.2 Å². The third kappa shape index (κ3) is 9.18. The number of phosphoric acid groups is 4. The fraction of sp³-hybridized carbons (Fsp3) is 0.565. The lowest BCUT2D eigenvalue weighted by molar-refractivity contribution is -0.646. The number of hydrogen-bond donors (Lipinski definition) is 10. The smallest absolute Gasteiger partial charge is 0.490 e. The minimum Gasteiger partial charge on any atom is -0.490 e. The number of nitrogens with two attached hydrogens (primary N) is 2. The van der Waals surface area contributed by atoms with Crippen LogP contribution in [0.2, 0.25) is 0 Å². The summed E-state index contributed by atoms with van der Waals surface area (Å²) in [6, 6.07) is 0. The number of aliphatic hydroxyl groups excluding tert-OH is 2. The van der Waals surface area contributed by atoms with Gasteiger partial charge >= 0.3 is 31.3 Å². The summed E-state index contributed by atoms with van der Waals surface area (Å²) in [7, 11) is -19.2. The molecule has 0 spiro atoms. The van der Waals surface area contributed by atoms with E-state index in [9.17, 15) is 57.9 Å². The molecule has 0 saturated carbocycles. The molecule has 0 amide bonds. The van der Waals surface area contributed by atoms with Crippen LogP contribution in [0.25, 0.3) is 22.3 Å². The maximum Gasteiger partial charge on any atom is 0.490 e. The molecular weight excluding hydrogens is 876 g/mol. The Hall–Kier alpha value is -3.38. The first-order valence-electron chi connectivity index (χ1n) is 15.9. The summed E-state index contributed by atoms with van der Waals surface area (Å²) in [6.45, 7) is -2.22. The van der Waals surface area contributed by atoms with Crippen LogP contribution in [0, 0.1) is 0 Å². The first-order chi connectivity index (χ1) is 26.9. The highest BCUT2D eigenvalue weighted by Crippen LogP contribution is 2.68. The Morgan fingerprint density at radius 3 is 2.00 bits per heavy atom. The van der Waals surface area contributed by atoms with Gasteiger partial charge in [-0.2, -0.15) is 28.1 Å². The highest BCUT2D eigenvalue weighted by Gasteiger charge is 2.52. The number of methoxy groups -OCH3 is 1. The molecule has 12 N–H and O–H groups in total. The van der Waals surface area contributed by atoms with Crippen molar-refractivity contribution < 1.29 is 98.6 Å². The van der Waals surface area contributed by atoms with Gasteiger partial charge in [-0.3, -0.25) is 32.4 Å². The number of ether oxygens (including phenoxy) is 3. The lowest BCUT2D eigenvalue weighted by Crippen LogP contribution is -2.36. The number of imidazole rings is 2. The van der Waals surface area contributed by atoms with Crippen molar-refractivity contribution >= 4 is 65.5 Å². The van der Waals surface area contributed by atoms with Gasteiger partial charge in [-0.15, -0.1) is 0 Å². The number of aromatic hydroxyl groups is 1. The normalized spacial score (nSPS) is 29.3. The Kier molecular flexibility index (Phi) is 12.4. The average Bonchev–Trinajstić information content (AvgIpc) is 3.84. The van der Waals surface area contributed by atoms with Crippen LogP contribution in [0.1, 0.15) is 12.5 Å². The van der Waals surface area contributed by atoms with Crippen LogP contribution in [-0.4, -0.2) is 133 Å². The fourth-order valence-corrected chi connectivity index (χ4v) is 10.2. The lowest BCUT2D eigenvalue weighted by atomic mass is 10.1. The van der Waals surface area contributed by atoms with E-state index in [4.69, 9.17) is 34.7 Å². The molecule has 0 radical (unpaired) electrons. The summed E-state index contributed by atoms with van der Waals surface area (Å²) in [5.74, 6) is -1.19. The van der Waals surface area contributed by atoms with Crippen molar-refractivity contribution in [3.63, 3.8) is 0 Å². The summed E-state index contributed by atoms with van der Waals surface area (Å²) in [4.78, 5) is 70.5. The van der Waals surface area contributed by atoms with Gasteiger partial charge in [0.2, 0.25) is 24.5 Å². The Labute approximate surface area is 322 Å². The molecule has 2 aliphatic rings. The standard InChI is InChI=1S/C23H34N10O21P4/c1-31-7-33(17-11(31)19(37)30-23(25)28-17)21-12(34)14(46-2)8(50-21)4-48-56(40,41)53-58(44,45)54-57(42,43)49-5-9-15(52-55(38,39)47-3)13(35)20(51-9)32-6-26-10-16(32)27-22(24)29-18(10)36/h6-9,12-15,20-21,34-35H,4-5H2,1-3H3,(H9-,24,25,27,28,29,30,36,37,38,39,40,41,42,43,44,45)/p+1/t8-,9-,12?,13+,14?,15?,20-,21-/m1/s1. The summed E-state index contributed by atoms with van der Waals surface area (Å²) in [5, 5.41) is 32.2. The predicted molar refractivity (Wildman–Crippen MR) is 183 cm³/mol. The zero-order valence-corrected chi connectivity index (χ0v) is 33.2. The van der Waals surface area contributed by atoms with Crippen LogP contribution in [0.3, 0.4) is 0 Å². The molecule has 35 heteroatoms. The van der Waals surface area contributed by atoms with Gasteiger partial charge in [-0.05, 0) is 0 Å². The Morgan fingerprint density at radius 2 is 1.41 bits per heavy atom. The minimum atomic E-state index is -6.09. The molecule has 2 aliphatic heterocycles. The van der Waals surface area contributed by atoms with E-state index in [1.807, 2.05) is 0 Å². The third-order valence-electron chi connectivity index (χ3n) is 8.35. The van der Waals surface area contributed by atoms with Gasteiger partial charge in [0.25, 0.3) is 22.6 Å². The number of nitrogens with zero attached hydrogens (tertiary/aromatic N) is 7. The van der Waals surface area contributed by atoms with Gasteiger partial charge < -0.3 is 60.6 Å². The predicted octanol–water partition coefficient (Wildman–Crippen LogP) is -2.71. The zero-order valence-electron chi connectivity index (χ0n) is 29.6. The summed E-state index contributed by atoms with van der Waals surface area (Å²) >= 11 is 0. The van der Waals surface area contributed by atoms with Gasteiger partial charge in [-0.25, -0.2) is 27.8 Å². The molecule has 0 bridgehead atoms. The van der Waals surface area contributed by atoms with Crippen LogP contribution >= 0.6 is 31.3 Å². The van der Waals surface area contributed by atoms with E-state index < -0.39 is 105 Å². The number of rotatable bonds is 16. The molecular formula is C23H35N10O21P4+. The molecule has 322 valence electrons. The second kappa shape index (κ2) is 16.2. The van der Waals surface area contributed by atoms with E-state index in [1.54, 1.807) is 0 Å². The maximum absolute atomic E-state index is 12.8. The Bertz CT molecular complexity index is 2450. The van der Waals surface area contributed by atoms with Crippen molar-refractivity contribution in [2.24, 2.45) is 7.05 Å². The van der Waals surface area contributed by atoms with Crippen molar-refractivity contribution in [2.45, 2.75) is 49.1 Å². The Balaban J connectivity index is 1.10. The molecule has 12 atom stereocenters. The molecule has 0 aliphatic carbocycles. The fourth-order valence-electron chi connectivity index (χ4n) is 6.00. The first-order valence-corrected chi connectivity index (χ1v) is 21.9. The monoisotopic (exact) mass is 911 g/mol. The molecule has 4 aromatic heterocycles. The molecule has 31 nitrogen and oxygen atoms in total. The van der Waals surface area contributed by atoms with E-state index >= 15 is 0 Å². The molecule has 7 unspecified atom stereocenters. The quantitative estimate of drug-likeness (QED) is 0.0403. The van der Waals surface area contributed by atoms with Crippen molar-refractivity contribution in [3.05, 3.63) is 23.0 Å². The molecule has 2 fully saturated rings. The number of aryl methyl sites for hydroxylation is 1. The van der Waals surface area contributed by atoms with E-state index in [0.717, 1.165) is 25.1 Å². The number of nitrogens with one attached hydrogen (secondary N) is 1. The first kappa shape index (κ1) is 44.2. The number of nitrogen functional groups attached to an aromatic ring is 2. The van der Waals surface area contributed by atoms with Gasteiger partial charge in [0, 0.05) is 14.2 Å². The van der Waals surface area contributed by atoms with Crippen LogP contribution < -0.4 is 21.6 Å². The van der Waals surface area contributed by atoms with Crippen molar-refractivity contribution in [3.8, 4) is 5.88 Å². The van der Waals surface area contributed by atoms with E-state index in [2.05, 4.69) is 42.6 Å². The second-order valence-corrected chi connectivity index (χ2v) is 18.3. The van der Waals surface area contributed by atoms with Gasteiger partial charge in [0.05, 0.1) is 26.6 Å². The Morgan fingerprint density at radius 1 is 0.845 bits per heavy atom. The van der Waals surface area contributed by atoms with Crippen molar-refractivity contribution in [1.82, 2.24) is 34.1 Å². The van der Waals surface area contributed by atoms with Gasteiger partial charge in [0.15, 0.2) is 17.4 Å². The highest BCUT2D eigenvalue weighted by atomic mass is 31.3. The largest absolute Gasteiger partial charge is 0.490 e. The van der Waals surface area contributed by atoms with Gasteiger partial charge in [-0.1, -0.05) is 0 Å². The molecule has 6 heterocycles. The topological polar surface area (TPSA) is 443 Å². The number of aliphatic hydroxyl groups is 2. The summed E-state index contributed by atoms with van der Waals surface area (Å²) in [6.07, 6.45) is -10.6. The zero-order chi connectivity index (χ0) is 42.7. The number of H-pyrrole nitrogens is 1.